The third kappa shape index (κ3) is 2.31. The minimum Gasteiger partial charge on any atom is -0.481 e. The highest BCUT2D eigenvalue weighted by Crippen LogP contribution is 2.25. The van der Waals surface area contributed by atoms with Crippen molar-refractivity contribution in [3.63, 3.8) is 0 Å². The maximum atomic E-state index is 11.0. The van der Waals surface area contributed by atoms with E-state index in [9.17, 15) is 4.79 Å². The Bertz CT molecular complexity index is 613. The monoisotopic (exact) mass is 255 g/mol. The lowest BCUT2D eigenvalue weighted by Gasteiger charge is -2.20. The van der Waals surface area contributed by atoms with Crippen LogP contribution in [0.25, 0.3) is 11.4 Å². The van der Waals surface area contributed by atoms with Crippen LogP contribution in [0.15, 0.2) is 30.7 Å². The summed E-state index contributed by atoms with van der Waals surface area (Å²) in [6, 6.07) is 3.76. The van der Waals surface area contributed by atoms with Gasteiger partial charge in [0, 0.05) is 29.8 Å². The average Bonchev–Trinajstić information content (AvgIpc) is 2.47. The number of aliphatic carboxylic acids is 1. The maximum absolute atomic E-state index is 11.0. The molecule has 0 aliphatic heterocycles. The number of rotatable bonds is 2. The Balaban J connectivity index is 1.92. The Morgan fingerprint density at radius 2 is 2.26 bits per heavy atom. The SMILES string of the molecule is O=C(O)C1CCc2nc(-c3cccnc3)ncc2C1. The Morgan fingerprint density at radius 1 is 1.37 bits per heavy atom. The topological polar surface area (TPSA) is 76.0 Å². The molecule has 1 N–H and O–H groups in total. The molecule has 1 aliphatic carbocycles. The summed E-state index contributed by atoms with van der Waals surface area (Å²) in [7, 11) is 0. The second-order valence-corrected chi connectivity index (χ2v) is 4.69. The number of hydrogen-bond acceptors (Lipinski definition) is 4. The van der Waals surface area contributed by atoms with Crippen LogP contribution in [-0.4, -0.2) is 26.0 Å². The number of fused-ring (bicyclic) bond motifs is 1. The number of nitrogens with zero attached hydrogens (tertiary/aromatic N) is 3. The van der Waals surface area contributed by atoms with Gasteiger partial charge in [-0.05, 0) is 37.0 Å². The standard InChI is InChI=1S/C14H13N3O2/c18-14(19)9-3-4-12-11(6-9)8-16-13(17-12)10-2-1-5-15-7-10/h1-2,5,7-9H,3-4,6H2,(H,18,19). The Morgan fingerprint density at radius 3 is 3.00 bits per heavy atom. The highest BCUT2D eigenvalue weighted by molar-refractivity contribution is 5.71. The second-order valence-electron chi connectivity index (χ2n) is 4.69. The van der Waals surface area contributed by atoms with Crippen molar-refractivity contribution in [1.82, 2.24) is 15.0 Å². The zero-order chi connectivity index (χ0) is 13.2. The van der Waals surface area contributed by atoms with Crippen LogP contribution in [0.4, 0.5) is 0 Å². The van der Waals surface area contributed by atoms with Gasteiger partial charge >= 0.3 is 5.97 Å². The quantitative estimate of drug-likeness (QED) is 0.884. The van der Waals surface area contributed by atoms with E-state index in [4.69, 9.17) is 5.11 Å². The van der Waals surface area contributed by atoms with Gasteiger partial charge in [0.05, 0.1) is 5.92 Å². The number of hydrogen-bond donors (Lipinski definition) is 1. The Labute approximate surface area is 110 Å². The number of carbonyl (C=O) groups is 1. The van der Waals surface area contributed by atoms with Gasteiger partial charge in [-0.15, -0.1) is 0 Å². The molecule has 1 aliphatic rings. The summed E-state index contributed by atoms with van der Waals surface area (Å²) in [5.41, 5.74) is 2.79. The van der Waals surface area contributed by atoms with Crippen molar-refractivity contribution in [2.24, 2.45) is 5.92 Å². The van der Waals surface area contributed by atoms with E-state index in [0.717, 1.165) is 16.8 Å². The van der Waals surface area contributed by atoms with Crippen molar-refractivity contribution >= 4 is 5.97 Å². The summed E-state index contributed by atoms with van der Waals surface area (Å²) in [6.07, 6.45) is 7.05. The predicted molar refractivity (Wildman–Crippen MR) is 68.4 cm³/mol. The zero-order valence-corrected chi connectivity index (χ0v) is 10.3. The van der Waals surface area contributed by atoms with Crippen molar-refractivity contribution in [1.29, 1.82) is 0 Å². The molecule has 1 atom stereocenters. The van der Waals surface area contributed by atoms with Gasteiger partial charge in [-0.1, -0.05) is 0 Å². The van der Waals surface area contributed by atoms with Crippen LogP contribution in [0.1, 0.15) is 17.7 Å². The van der Waals surface area contributed by atoms with Gasteiger partial charge in [0.1, 0.15) is 0 Å². The fourth-order valence-electron chi connectivity index (χ4n) is 2.35. The Kier molecular flexibility index (Phi) is 2.95. The van der Waals surface area contributed by atoms with Crippen LogP contribution >= 0.6 is 0 Å². The fraction of sp³-hybridized carbons (Fsp3) is 0.286. The normalized spacial score (nSPS) is 17.8. The molecule has 0 radical (unpaired) electrons. The van der Waals surface area contributed by atoms with Gasteiger partial charge in [0.25, 0.3) is 0 Å². The van der Waals surface area contributed by atoms with Gasteiger partial charge in [0.2, 0.25) is 0 Å². The van der Waals surface area contributed by atoms with Crippen molar-refractivity contribution in [2.75, 3.05) is 0 Å². The zero-order valence-electron chi connectivity index (χ0n) is 10.3. The third-order valence-corrected chi connectivity index (χ3v) is 3.42. The molecule has 0 saturated heterocycles. The summed E-state index contributed by atoms with van der Waals surface area (Å²) < 4.78 is 0. The van der Waals surface area contributed by atoms with E-state index in [2.05, 4.69) is 15.0 Å². The van der Waals surface area contributed by atoms with Gasteiger partial charge in [-0.25, -0.2) is 9.97 Å². The van der Waals surface area contributed by atoms with E-state index in [1.165, 1.54) is 0 Å². The first-order valence-corrected chi connectivity index (χ1v) is 6.22. The first-order valence-electron chi connectivity index (χ1n) is 6.22. The van der Waals surface area contributed by atoms with Crippen LogP contribution in [0.2, 0.25) is 0 Å². The van der Waals surface area contributed by atoms with Gasteiger partial charge in [0.15, 0.2) is 5.82 Å². The molecule has 5 heteroatoms. The second kappa shape index (κ2) is 4.76. The number of carboxylic acid groups (broad SMARTS) is 1. The largest absolute Gasteiger partial charge is 0.481 e. The lowest BCUT2D eigenvalue weighted by atomic mass is 9.87. The van der Waals surface area contributed by atoms with Crippen LogP contribution < -0.4 is 0 Å². The summed E-state index contributed by atoms with van der Waals surface area (Å²) in [6.45, 7) is 0. The number of carboxylic acids is 1. The van der Waals surface area contributed by atoms with E-state index in [1.54, 1.807) is 18.6 Å². The number of pyridine rings is 1. The minimum atomic E-state index is -0.734. The van der Waals surface area contributed by atoms with Crippen molar-refractivity contribution in [3.05, 3.63) is 42.0 Å². The molecule has 0 bridgehead atoms. The van der Waals surface area contributed by atoms with Crippen LogP contribution in [0.3, 0.4) is 0 Å². The lowest BCUT2D eigenvalue weighted by molar-refractivity contribution is -0.142. The molecule has 2 heterocycles. The van der Waals surface area contributed by atoms with E-state index in [1.807, 2.05) is 12.1 Å². The molecule has 0 spiro atoms. The molecule has 96 valence electrons. The molecule has 19 heavy (non-hydrogen) atoms. The van der Waals surface area contributed by atoms with Crippen molar-refractivity contribution in [2.45, 2.75) is 19.3 Å². The van der Waals surface area contributed by atoms with Crippen molar-refractivity contribution in [3.8, 4) is 11.4 Å². The highest BCUT2D eigenvalue weighted by atomic mass is 16.4. The molecule has 2 aromatic heterocycles. The number of aryl methyl sites for hydroxylation is 1. The summed E-state index contributed by atoms with van der Waals surface area (Å²) in [4.78, 5) is 23.9. The molecule has 0 fully saturated rings. The molecule has 3 rings (SSSR count). The van der Waals surface area contributed by atoms with E-state index in [-0.39, 0.29) is 5.92 Å². The molecule has 0 amide bonds. The number of aromatic nitrogens is 3. The fourth-order valence-corrected chi connectivity index (χ4v) is 2.35. The van der Waals surface area contributed by atoms with E-state index in [0.29, 0.717) is 25.1 Å². The van der Waals surface area contributed by atoms with Gasteiger partial charge < -0.3 is 5.11 Å². The summed E-state index contributed by atoms with van der Waals surface area (Å²) in [5, 5.41) is 9.05. The van der Waals surface area contributed by atoms with Crippen LogP contribution in [-0.2, 0) is 17.6 Å². The van der Waals surface area contributed by atoms with Gasteiger partial charge in [-0.2, -0.15) is 0 Å². The Hall–Kier alpha value is -2.30. The molecule has 0 aromatic carbocycles. The lowest BCUT2D eigenvalue weighted by Crippen LogP contribution is -2.23. The summed E-state index contributed by atoms with van der Waals surface area (Å²) >= 11 is 0. The molecule has 0 saturated carbocycles. The molecule has 2 aromatic rings. The van der Waals surface area contributed by atoms with Gasteiger partial charge in [-0.3, -0.25) is 9.78 Å². The third-order valence-electron chi connectivity index (χ3n) is 3.42. The van der Waals surface area contributed by atoms with E-state index < -0.39 is 5.97 Å². The molecular formula is C14H13N3O2. The smallest absolute Gasteiger partial charge is 0.306 e. The van der Waals surface area contributed by atoms with E-state index >= 15 is 0 Å². The first kappa shape index (κ1) is 11.8. The average molecular weight is 255 g/mol. The molecular weight excluding hydrogens is 242 g/mol. The van der Waals surface area contributed by atoms with Crippen LogP contribution in [0.5, 0.6) is 0 Å². The first-order chi connectivity index (χ1) is 9.24. The van der Waals surface area contributed by atoms with Crippen molar-refractivity contribution < 1.29 is 9.90 Å². The maximum Gasteiger partial charge on any atom is 0.306 e. The summed E-state index contributed by atoms with van der Waals surface area (Å²) in [5.74, 6) is -0.386. The van der Waals surface area contributed by atoms with Crippen LogP contribution in [0, 0.1) is 5.92 Å². The predicted octanol–water partition coefficient (Wildman–Crippen LogP) is 1.73. The minimum absolute atomic E-state index is 0.305. The molecule has 1 unspecified atom stereocenters. The molecule has 5 nitrogen and oxygen atoms in total. The highest BCUT2D eigenvalue weighted by Gasteiger charge is 2.25.